The summed E-state index contributed by atoms with van der Waals surface area (Å²) in [5.41, 5.74) is 0. The molecule has 0 bridgehead atoms. The van der Waals surface area contributed by atoms with E-state index >= 15 is 0 Å². The average Bonchev–Trinajstić information content (AvgIpc) is 2.74. The molecule has 1 fully saturated rings. The van der Waals surface area contributed by atoms with Crippen molar-refractivity contribution in [3.8, 4) is 0 Å². The zero-order chi connectivity index (χ0) is 10.9. The van der Waals surface area contributed by atoms with Crippen molar-refractivity contribution in [1.82, 2.24) is 10.6 Å². The summed E-state index contributed by atoms with van der Waals surface area (Å²) in [6, 6.07) is 0. The maximum atomic E-state index is 11.2. The first kappa shape index (κ1) is 12.8. The van der Waals surface area contributed by atoms with E-state index in [9.17, 15) is 4.79 Å². The first-order valence-electron chi connectivity index (χ1n) is 5.88. The number of carbonyl (C=O) groups is 1. The number of nitrogens with one attached hydrogen (secondary N) is 2. The second-order valence-electron chi connectivity index (χ2n) is 4.03. The Morgan fingerprint density at radius 2 is 2.33 bits per heavy atom. The molecular weight excluding hydrogens is 208 g/mol. The zero-order valence-corrected chi connectivity index (χ0v) is 10.4. The Bertz CT molecular complexity index is 181. The molecule has 3 nitrogen and oxygen atoms in total. The van der Waals surface area contributed by atoms with E-state index in [1.165, 1.54) is 17.9 Å². The topological polar surface area (TPSA) is 41.1 Å². The van der Waals surface area contributed by atoms with Gasteiger partial charge in [0.05, 0.1) is 0 Å². The highest BCUT2D eigenvalue weighted by molar-refractivity contribution is 7.99. The number of hydrogen-bond acceptors (Lipinski definition) is 3. The minimum atomic E-state index is 0.171. The largest absolute Gasteiger partial charge is 0.356 e. The second-order valence-corrected chi connectivity index (χ2v) is 5.18. The van der Waals surface area contributed by atoms with Gasteiger partial charge in [-0.15, -0.1) is 0 Å². The van der Waals surface area contributed by atoms with Crippen molar-refractivity contribution in [2.24, 2.45) is 5.92 Å². The molecule has 0 saturated carbocycles. The highest BCUT2D eigenvalue weighted by Gasteiger charge is 2.14. The molecule has 2 N–H and O–H groups in total. The van der Waals surface area contributed by atoms with Crippen LogP contribution in [0.4, 0.5) is 0 Å². The summed E-state index contributed by atoms with van der Waals surface area (Å²) < 4.78 is 0. The molecule has 1 unspecified atom stereocenters. The Labute approximate surface area is 96.8 Å². The van der Waals surface area contributed by atoms with Crippen molar-refractivity contribution < 1.29 is 4.79 Å². The van der Waals surface area contributed by atoms with Gasteiger partial charge in [-0.1, -0.05) is 6.92 Å². The number of amides is 1. The van der Waals surface area contributed by atoms with Crippen LogP contribution in [0.1, 0.15) is 26.2 Å². The molecule has 0 spiro atoms. The SMILES string of the molecule is CCCNC(=O)CCNCC1CCSC1. The van der Waals surface area contributed by atoms with Gasteiger partial charge in [0.1, 0.15) is 0 Å². The van der Waals surface area contributed by atoms with Crippen molar-refractivity contribution in [2.75, 3.05) is 31.1 Å². The highest BCUT2D eigenvalue weighted by atomic mass is 32.2. The van der Waals surface area contributed by atoms with E-state index in [2.05, 4.69) is 17.6 Å². The molecule has 1 heterocycles. The molecule has 0 radical (unpaired) electrons. The lowest BCUT2D eigenvalue weighted by Crippen LogP contribution is -2.30. The summed E-state index contributed by atoms with van der Waals surface area (Å²) in [4.78, 5) is 11.2. The molecule has 0 aromatic carbocycles. The van der Waals surface area contributed by atoms with Gasteiger partial charge >= 0.3 is 0 Å². The second kappa shape index (κ2) is 7.99. The van der Waals surface area contributed by atoms with E-state index < -0.39 is 0 Å². The molecular formula is C11H22N2OS. The molecule has 0 aromatic heterocycles. The standard InChI is InChI=1S/C11H22N2OS/c1-2-5-13-11(14)3-6-12-8-10-4-7-15-9-10/h10,12H,2-9H2,1H3,(H,13,14). The summed E-state index contributed by atoms with van der Waals surface area (Å²) in [6.07, 6.45) is 2.96. The van der Waals surface area contributed by atoms with E-state index in [1.807, 2.05) is 11.8 Å². The maximum Gasteiger partial charge on any atom is 0.221 e. The van der Waals surface area contributed by atoms with Crippen LogP contribution in [-0.4, -0.2) is 37.0 Å². The molecule has 1 aliphatic rings. The highest BCUT2D eigenvalue weighted by Crippen LogP contribution is 2.22. The molecule has 1 atom stereocenters. The molecule has 1 rings (SSSR count). The summed E-state index contributed by atoms with van der Waals surface area (Å²) in [5.74, 6) is 3.59. The molecule has 15 heavy (non-hydrogen) atoms. The van der Waals surface area contributed by atoms with Crippen LogP contribution in [-0.2, 0) is 4.79 Å². The third kappa shape index (κ3) is 6.05. The minimum absolute atomic E-state index is 0.171. The normalized spacial score (nSPS) is 20.5. The first-order chi connectivity index (χ1) is 7.33. The summed E-state index contributed by atoms with van der Waals surface area (Å²) in [7, 11) is 0. The van der Waals surface area contributed by atoms with Gasteiger partial charge in [-0.2, -0.15) is 11.8 Å². The molecule has 0 aliphatic carbocycles. The average molecular weight is 230 g/mol. The van der Waals surface area contributed by atoms with Crippen molar-refractivity contribution in [3.05, 3.63) is 0 Å². The molecule has 1 aliphatic heterocycles. The van der Waals surface area contributed by atoms with Crippen LogP contribution in [0.2, 0.25) is 0 Å². The van der Waals surface area contributed by atoms with Crippen molar-refractivity contribution in [3.63, 3.8) is 0 Å². The fourth-order valence-corrected chi connectivity index (χ4v) is 2.89. The van der Waals surface area contributed by atoms with Crippen molar-refractivity contribution in [2.45, 2.75) is 26.2 Å². The quantitative estimate of drug-likeness (QED) is 0.647. The zero-order valence-electron chi connectivity index (χ0n) is 9.55. The van der Waals surface area contributed by atoms with E-state index in [0.29, 0.717) is 6.42 Å². The summed E-state index contributed by atoms with van der Waals surface area (Å²) in [6.45, 7) is 4.76. The smallest absolute Gasteiger partial charge is 0.221 e. The van der Waals surface area contributed by atoms with Crippen LogP contribution in [0.5, 0.6) is 0 Å². The molecule has 0 aromatic rings. The predicted octanol–water partition coefficient (Wildman–Crippen LogP) is 1.25. The lowest BCUT2D eigenvalue weighted by molar-refractivity contribution is -0.120. The Morgan fingerprint density at radius 1 is 1.47 bits per heavy atom. The Kier molecular flexibility index (Phi) is 6.85. The number of carbonyl (C=O) groups excluding carboxylic acids is 1. The van der Waals surface area contributed by atoms with E-state index in [-0.39, 0.29) is 5.91 Å². The van der Waals surface area contributed by atoms with Crippen LogP contribution in [0.3, 0.4) is 0 Å². The third-order valence-corrected chi connectivity index (χ3v) is 3.79. The number of rotatable bonds is 7. The van der Waals surface area contributed by atoms with E-state index in [1.54, 1.807) is 0 Å². The van der Waals surface area contributed by atoms with Crippen LogP contribution >= 0.6 is 11.8 Å². The minimum Gasteiger partial charge on any atom is -0.356 e. The van der Waals surface area contributed by atoms with Gasteiger partial charge in [0, 0.05) is 19.5 Å². The summed E-state index contributed by atoms with van der Waals surface area (Å²) in [5, 5.41) is 6.24. The molecule has 4 heteroatoms. The summed E-state index contributed by atoms with van der Waals surface area (Å²) >= 11 is 2.04. The molecule has 1 saturated heterocycles. The number of hydrogen-bond donors (Lipinski definition) is 2. The van der Waals surface area contributed by atoms with Gasteiger partial charge in [0.25, 0.3) is 0 Å². The first-order valence-corrected chi connectivity index (χ1v) is 7.03. The number of thioether (sulfide) groups is 1. The Morgan fingerprint density at radius 3 is 3.00 bits per heavy atom. The van der Waals surface area contributed by atoms with Gasteiger partial charge < -0.3 is 10.6 Å². The molecule has 88 valence electrons. The van der Waals surface area contributed by atoms with Gasteiger partial charge in [0.15, 0.2) is 0 Å². The van der Waals surface area contributed by atoms with Gasteiger partial charge in [-0.3, -0.25) is 4.79 Å². The maximum absolute atomic E-state index is 11.2. The van der Waals surface area contributed by atoms with E-state index in [4.69, 9.17) is 0 Å². The fraction of sp³-hybridized carbons (Fsp3) is 0.909. The third-order valence-electron chi connectivity index (χ3n) is 2.56. The Balaban J connectivity index is 1.89. The van der Waals surface area contributed by atoms with Gasteiger partial charge in [-0.25, -0.2) is 0 Å². The lowest BCUT2D eigenvalue weighted by atomic mass is 10.1. The van der Waals surface area contributed by atoms with Gasteiger partial charge in [0.2, 0.25) is 5.91 Å². The van der Waals surface area contributed by atoms with Crippen LogP contribution < -0.4 is 10.6 Å². The van der Waals surface area contributed by atoms with Crippen LogP contribution in [0.15, 0.2) is 0 Å². The van der Waals surface area contributed by atoms with Crippen molar-refractivity contribution >= 4 is 17.7 Å². The lowest BCUT2D eigenvalue weighted by Gasteiger charge is -2.09. The Hall–Kier alpha value is -0.220. The van der Waals surface area contributed by atoms with Crippen LogP contribution in [0, 0.1) is 5.92 Å². The van der Waals surface area contributed by atoms with E-state index in [0.717, 1.165) is 32.0 Å². The van der Waals surface area contributed by atoms with Crippen molar-refractivity contribution in [1.29, 1.82) is 0 Å². The monoisotopic (exact) mass is 230 g/mol. The van der Waals surface area contributed by atoms with Gasteiger partial charge in [-0.05, 0) is 36.8 Å². The molecule has 1 amide bonds. The predicted molar refractivity (Wildman–Crippen MR) is 66.2 cm³/mol. The van der Waals surface area contributed by atoms with Crippen LogP contribution in [0.25, 0.3) is 0 Å². The fourth-order valence-electron chi connectivity index (χ4n) is 1.61.